The smallest absolute Gasteiger partial charge is 0.414 e. The van der Waals surface area contributed by atoms with Crippen molar-refractivity contribution in [3.63, 3.8) is 0 Å². The van der Waals surface area contributed by atoms with Gasteiger partial charge in [0.1, 0.15) is 0 Å². The van der Waals surface area contributed by atoms with Crippen molar-refractivity contribution in [3.8, 4) is 0 Å². The number of rotatable bonds is 6. The van der Waals surface area contributed by atoms with Crippen LogP contribution in [0, 0.1) is 5.92 Å². The average molecular weight is 158 g/mol. The van der Waals surface area contributed by atoms with E-state index in [4.69, 9.17) is 9.31 Å². The van der Waals surface area contributed by atoms with Gasteiger partial charge in [-0.3, -0.25) is 0 Å². The van der Waals surface area contributed by atoms with E-state index in [1.807, 2.05) is 0 Å². The highest BCUT2D eigenvalue weighted by molar-refractivity contribution is 6.18. The maximum Gasteiger partial charge on any atom is 0.438 e. The first-order valence-electron chi connectivity index (χ1n) is 4.36. The molecule has 0 radical (unpaired) electrons. The average Bonchev–Trinajstić information content (AvgIpc) is 1.97. The Hall–Kier alpha value is -0.0151. The van der Waals surface area contributed by atoms with Crippen LogP contribution in [0.2, 0.25) is 0 Å². The molecular formula is C8H19BO2. The first kappa shape index (κ1) is 11.0. The van der Waals surface area contributed by atoms with Crippen LogP contribution in [-0.4, -0.2) is 20.4 Å². The summed E-state index contributed by atoms with van der Waals surface area (Å²) in [6.45, 7) is 9.20. The van der Waals surface area contributed by atoms with Crippen molar-refractivity contribution in [1.82, 2.24) is 0 Å². The molecule has 0 bridgehead atoms. The van der Waals surface area contributed by atoms with Gasteiger partial charge in [-0.2, -0.15) is 0 Å². The van der Waals surface area contributed by atoms with Crippen LogP contribution in [0.4, 0.5) is 0 Å². The van der Waals surface area contributed by atoms with Gasteiger partial charge in [0, 0.05) is 12.7 Å². The summed E-state index contributed by atoms with van der Waals surface area (Å²) in [7, 11) is 0.438. The van der Waals surface area contributed by atoms with E-state index >= 15 is 0 Å². The van der Waals surface area contributed by atoms with Crippen molar-refractivity contribution >= 4 is 7.69 Å². The van der Waals surface area contributed by atoms with Crippen LogP contribution in [0.15, 0.2) is 0 Å². The molecule has 0 saturated carbocycles. The Morgan fingerprint density at radius 1 is 1.27 bits per heavy atom. The Bertz CT molecular complexity index is 86.2. The summed E-state index contributed by atoms with van der Waals surface area (Å²) < 4.78 is 10.6. The Balaban J connectivity index is 3.01. The van der Waals surface area contributed by atoms with Crippen LogP contribution in [0.1, 0.15) is 34.1 Å². The summed E-state index contributed by atoms with van der Waals surface area (Å²) in [6, 6.07) is 0. The predicted octanol–water partition coefficient (Wildman–Crippen LogP) is 1.74. The molecule has 0 aliphatic heterocycles. The molecule has 0 aliphatic rings. The molecule has 0 aromatic rings. The van der Waals surface area contributed by atoms with Crippen LogP contribution >= 0.6 is 0 Å². The lowest BCUT2D eigenvalue weighted by molar-refractivity contribution is 0.154. The van der Waals surface area contributed by atoms with Crippen LogP contribution in [0.5, 0.6) is 0 Å². The van der Waals surface area contributed by atoms with Crippen LogP contribution < -0.4 is 0 Å². The van der Waals surface area contributed by atoms with Crippen molar-refractivity contribution in [1.29, 1.82) is 0 Å². The normalized spacial score (nSPS) is 13.5. The lowest BCUT2D eigenvalue weighted by Crippen LogP contribution is -2.15. The Kier molecular flexibility index (Phi) is 6.67. The molecule has 0 heterocycles. The summed E-state index contributed by atoms with van der Waals surface area (Å²) in [5, 5.41) is 0. The van der Waals surface area contributed by atoms with Crippen LogP contribution in [0.25, 0.3) is 0 Å². The highest BCUT2D eigenvalue weighted by atomic mass is 16.6. The molecule has 0 saturated heterocycles. The van der Waals surface area contributed by atoms with Gasteiger partial charge in [0.05, 0.1) is 0 Å². The highest BCUT2D eigenvalue weighted by Crippen LogP contribution is 1.96. The molecule has 1 unspecified atom stereocenters. The van der Waals surface area contributed by atoms with E-state index in [0.29, 0.717) is 19.7 Å². The number of hydrogen-bond acceptors (Lipinski definition) is 2. The topological polar surface area (TPSA) is 18.5 Å². The van der Waals surface area contributed by atoms with Gasteiger partial charge in [-0.1, -0.05) is 20.8 Å². The Morgan fingerprint density at radius 2 is 1.91 bits per heavy atom. The van der Waals surface area contributed by atoms with Gasteiger partial charge in [-0.05, 0) is 19.3 Å². The standard InChI is InChI=1S/C8H19BO2/c1-5-8(4)11-9-10-6-7(2)3/h7-9H,5-6H2,1-4H3. The third-order valence-electron chi connectivity index (χ3n) is 1.46. The predicted molar refractivity (Wildman–Crippen MR) is 48.8 cm³/mol. The van der Waals surface area contributed by atoms with Crippen molar-refractivity contribution < 1.29 is 9.31 Å². The molecule has 2 nitrogen and oxygen atoms in total. The zero-order chi connectivity index (χ0) is 8.69. The summed E-state index contributed by atoms with van der Waals surface area (Å²) in [6.07, 6.45) is 1.37. The van der Waals surface area contributed by atoms with Crippen LogP contribution in [0.3, 0.4) is 0 Å². The zero-order valence-corrected chi connectivity index (χ0v) is 8.09. The SMILES string of the molecule is CCC(C)OBOCC(C)C. The third kappa shape index (κ3) is 7.89. The van der Waals surface area contributed by atoms with E-state index in [1.54, 1.807) is 0 Å². The van der Waals surface area contributed by atoms with E-state index < -0.39 is 0 Å². The van der Waals surface area contributed by atoms with Gasteiger partial charge < -0.3 is 9.31 Å². The quantitative estimate of drug-likeness (QED) is 0.433. The van der Waals surface area contributed by atoms with Crippen molar-refractivity contribution in [2.75, 3.05) is 6.61 Å². The van der Waals surface area contributed by atoms with Gasteiger partial charge >= 0.3 is 7.69 Å². The van der Waals surface area contributed by atoms with E-state index in [-0.39, 0.29) is 0 Å². The molecule has 0 amide bonds. The maximum absolute atomic E-state index is 5.32. The molecular weight excluding hydrogens is 139 g/mol. The fourth-order valence-corrected chi connectivity index (χ4v) is 0.566. The minimum atomic E-state index is 0.321. The maximum atomic E-state index is 5.32. The second-order valence-electron chi connectivity index (χ2n) is 3.27. The fourth-order valence-electron chi connectivity index (χ4n) is 0.566. The molecule has 0 aliphatic carbocycles. The molecule has 0 N–H and O–H groups in total. The molecule has 0 fully saturated rings. The minimum absolute atomic E-state index is 0.321. The lowest BCUT2D eigenvalue weighted by Gasteiger charge is -2.10. The fraction of sp³-hybridized carbons (Fsp3) is 1.00. The van der Waals surface area contributed by atoms with Gasteiger partial charge in [0.2, 0.25) is 0 Å². The van der Waals surface area contributed by atoms with Gasteiger partial charge in [-0.25, -0.2) is 0 Å². The van der Waals surface area contributed by atoms with Gasteiger partial charge in [-0.15, -0.1) is 0 Å². The summed E-state index contributed by atoms with van der Waals surface area (Å²) >= 11 is 0. The molecule has 1 atom stereocenters. The van der Waals surface area contributed by atoms with E-state index in [0.717, 1.165) is 13.0 Å². The largest absolute Gasteiger partial charge is 0.438 e. The van der Waals surface area contributed by atoms with Crippen molar-refractivity contribution in [2.45, 2.75) is 40.2 Å². The minimum Gasteiger partial charge on any atom is -0.414 e. The molecule has 0 rings (SSSR count). The summed E-state index contributed by atoms with van der Waals surface area (Å²) in [5.74, 6) is 0.593. The Labute approximate surface area is 70.6 Å². The summed E-state index contributed by atoms with van der Waals surface area (Å²) in [5.41, 5.74) is 0. The van der Waals surface area contributed by atoms with Gasteiger partial charge in [0.15, 0.2) is 0 Å². The van der Waals surface area contributed by atoms with E-state index in [1.165, 1.54) is 0 Å². The molecule has 0 aromatic heterocycles. The molecule has 0 spiro atoms. The molecule has 66 valence electrons. The van der Waals surface area contributed by atoms with Gasteiger partial charge in [0.25, 0.3) is 0 Å². The van der Waals surface area contributed by atoms with E-state index in [9.17, 15) is 0 Å². The second-order valence-corrected chi connectivity index (χ2v) is 3.27. The highest BCUT2D eigenvalue weighted by Gasteiger charge is 2.00. The molecule has 3 heteroatoms. The number of hydrogen-bond donors (Lipinski definition) is 0. The third-order valence-corrected chi connectivity index (χ3v) is 1.46. The molecule has 11 heavy (non-hydrogen) atoms. The first-order valence-corrected chi connectivity index (χ1v) is 4.36. The second kappa shape index (κ2) is 6.68. The van der Waals surface area contributed by atoms with Crippen molar-refractivity contribution in [3.05, 3.63) is 0 Å². The summed E-state index contributed by atoms with van der Waals surface area (Å²) in [4.78, 5) is 0. The Morgan fingerprint density at radius 3 is 2.36 bits per heavy atom. The lowest BCUT2D eigenvalue weighted by atomic mass is 10.2. The van der Waals surface area contributed by atoms with Crippen molar-refractivity contribution in [2.24, 2.45) is 5.92 Å². The molecule has 0 aromatic carbocycles. The monoisotopic (exact) mass is 158 g/mol. The van der Waals surface area contributed by atoms with Crippen LogP contribution in [-0.2, 0) is 9.31 Å². The first-order chi connectivity index (χ1) is 5.16. The van der Waals surface area contributed by atoms with E-state index in [2.05, 4.69) is 27.7 Å². The zero-order valence-electron chi connectivity index (χ0n) is 8.09.